The fourth-order valence-electron chi connectivity index (χ4n) is 4.24. The molecule has 3 aromatic heterocycles. The second-order valence-corrected chi connectivity index (χ2v) is 8.08. The van der Waals surface area contributed by atoms with Crippen LogP contribution in [0.1, 0.15) is 53.3 Å². The SMILES string of the molecule is Cc1ccccc1C(=O)NCc1cnc(-c2nn(C3CCCC3)c3ncnc(N)c23)cn1. The van der Waals surface area contributed by atoms with Gasteiger partial charge in [-0.1, -0.05) is 31.0 Å². The number of aromatic nitrogens is 6. The van der Waals surface area contributed by atoms with Gasteiger partial charge in [-0.3, -0.25) is 14.8 Å². The van der Waals surface area contributed by atoms with E-state index in [-0.39, 0.29) is 12.5 Å². The molecule has 1 amide bonds. The van der Waals surface area contributed by atoms with Crippen LogP contribution in [0.5, 0.6) is 0 Å². The summed E-state index contributed by atoms with van der Waals surface area (Å²) < 4.78 is 1.97. The second kappa shape index (κ2) is 8.33. The van der Waals surface area contributed by atoms with E-state index in [1.807, 2.05) is 29.8 Å². The summed E-state index contributed by atoms with van der Waals surface area (Å²) in [6.45, 7) is 2.19. The Morgan fingerprint density at radius 1 is 1.12 bits per heavy atom. The van der Waals surface area contributed by atoms with Gasteiger partial charge in [-0.2, -0.15) is 5.10 Å². The topological polar surface area (TPSA) is 124 Å². The smallest absolute Gasteiger partial charge is 0.251 e. The van der Waals surface area contributed by atoms with Crippen molar-refractivity contribution in [2.75, 3.05) is 5.73 Å². The number of nitrogen functional groups attached to an aromatic ring is 1. The van der Waals surface area contributed by atoms with Crippen molar-refractivity contribution in [1.82, 2.24) is 35.0 Å². The van der Waals surface area contributed by atoms with Gasteiger partial charge in [0.2, 0.25) is 0 Å². The maximum Gasteiger partial charge on any atom is 0.251 e. The molecule has 0 radical (unpaired) electrons. The lowest BCUT2D eigenvalue weighted by molar-refractivity contribution is 0.0950. The fourth-order valence-corrected chi connectivity index (χ4v) is 4.24. The molecule has 0 bridgehead atoms. The third-order valence-corrected chi connectivity index (χ3v) is 5.96. The Morgan fingerprint density at radius 2 is 1.94 bits per heavy atom. The zero-order chi connectivity index (χ0) is 22.1. The summed E-state index contributed by atoms with van der Waals surface area (Å²) >= 11 is 0. The van der Waals surface area contributed by atoms with Crippen molar-refractivity contribution in [2.24, 2.45) is 0 Å². The summed E-state index contributed by atoms with van der Waals surface area (Å²) in [4.78, 5) is 30.1. The highest BCUT2D eigenvalue weighted by atomic mass is 16.1. The van der Waals surface area contributed by atoms with Crippen LogP contribution in [0.2, 0.25) is 0 Å². The monoisotopic (exact) mass is 428 g/mol. The Kier molecular flexibility index (Phi) is 5.22. The molecule has 0 saturated heterocycles. The second-order valence-electron chi connectivity index (χ2n) is 8.08. The molecule has 0 spiro atoms. The van der Waals surface area contributed by atoms with E-state index < -0.39 is 0 Å². The number of rotatable bonds is 5. The normalized spacial score (nSPS) is 14.2. The van der Waals surface area contributed by atoms with Gasteiger partial charge >= 0.3 is 0 Å². The van der Waals surface area contributed by atoms with E-state index >= 15 is 0 Å². The van der Waals surface area contributed by atoms with E-state index in [0.717, 1.165) is 24.1 Å². The number of nitrogens with two attached hydrogens (primary N) is 1. The standard InChI is InChI=1S/C23H24N8O/c1-14-6-2-5-9-17(14)23(32)27-11-15-10-26-18(12-25-15)20-19-21(24)28-13-29-22(19)31(30-20)16-7-3-4-8-16/h2,5-6,9-10,12-13,16H,3-4,7-8,11H2,1H3,(H,27,32)(H2,24,28,29). The van der Waals surface area contributed by atoms with Crippen molar-refractivity contribution < 1.29 is 4.79 Å². The minimum atomic E-state index is -0.139. The Bertz CT molecular complexity index is 1280. The molecule has 3 heterocycles. The van der Waals surface area contributed by atoms with E-state index in [4.69, 9.17) is 10.8 Å². The van der Waals surface area contributed by atoms with Crippen molar-refractivity contribution in [1.29, 1.82) is 0 Å². The van der Waals surface area contributed by atoms with Crippen LogP contribution in [0.15, 0.2) is 43.0 Å². The molecular weight excluding hydrogens is 404 g/mol. The first-order valence-electron chi connectivity index (χ1n) is 10.8. The minimum absolute atomic E-state index is 0.139. The molecule has 162 valence electrons. The number of fused-ring (bicyclic) bond motifs is 1. The van der Waals surface area contributed by atoms with Gasteiger partial charge in [0.1, 0.15) is 23.5 Å². The number of anilines is 1. The summed E-state index contributed by atoms with van der Waals surface area (Å²) in [6, 6.07) is 7.78. The van der Waals surface area contributed by atoms with E-state index in [1.54, 1.807) is 18.5 Å². The summed E-state index contributed by atoms with van der Waals surface area (Å²) in [5.41, 5.74) is 10.4. The zero-order valence-electron chi connectivity index (χ0n) is 17.8. The maximum absolute atomic E-state index is 12.4. The number of carbonyl (C=O) groups excluding carboxylic acids is 1. The van der Waals surface area contributed by atoms with Gasteiger partial charge in [-0.05, 0) is 31.4 Å². The first kappa shape index (κ1) is 20.0. The molecular formula is C23H24N8O. The van der Waals surface area contributed by atoms with Crippen LogP contribution >= 0.6 is 0 Å². The Hall–Kier alpha value is -3.88. The predicted molar refractivity (Wildman–Crippen MR) is 121 cm³/mol. The van der Waals surface area contributed by atoms with Crippen LogP contribution < -0.4 is 11.1 Å². The molecule has 0 aliphatic heterocycles. The molecule has 9 heteroatoms. The largest absolute Gasteiger partial charge is 0.383 e. The molecule has 0 atom stereocenters. The van der Waals surface area contributed by atoms with Crippen molar-refractivity contribution >= 4 is 22.8 Å². The lowest BCUT2D eigenvalue weighted by Crippen LogP contribution is -2.24. The highest BCUT2D eigenvalue weighted by Crippen LogP contribution is 2.35. The quantitative estimate of drug-likeness (QED) is 0.500. The summed E-state index contributed by atoms with van der Waals surface area (Å²) in [5.74, 6) is 0.241. The van der Waals surface area contributed by atoms with Gasteiger partial charge in [-0.25, -0.2) is 14.6 Å². The first-order valence-corrected chi connectivity index (χ1v) is 10.8. The number of hydrogen-bond donors (Lipinski definition) is 2. The fraction of sp³-hybridized carbons (Fsp3) is 0.304. The van der Waals surface area contributed by atoms with Crippen LogP contribution in [0.4, 0.5) is 5.82 Å². The van der Waals surface area contributed by atoms with Crippen LogP contribution in [0.25, 0.3) is 22.4 Å². The molecule has 32 heavy (non-hydrogen) atoms. The van der Waals surface area contributed by atoms with Gasteiger partial charge < -0.3 is 11.1 Å². The number of benzene rings is 1. The van der Waals surface area contributed by atoms with Crippen LogP contribution in [-0.2, 0) is 6.54 Å². The summed E-state index contributed by atoms with van der Waals surface area (Å²) in [7, 11) is 0. The summed E-state index contributed by atoms with van der Waals surface area (Å²) in [5, 5.41) is 8.41. The molecule has 1 aliphatic carbocycles. The highest BCUT2D eigenvalue weighted by molar-refractivity contribution is 5.97. The molecule has 9 nitrogen and oxygen atoms in total. The average Bonchev–Trinajstić information content (AvgIpc) is 3.47. The number of hydrogen-bond acceptors (Lipinski definition) is 7. The molecule has 3 N–H and O–H groups in total. The molecule has 4 aromatic rings. The number of aryl methyl sites for hydroxylation is 1. The minimum Gasteiger partial charge on any atom is -0.383 e. The van der Waals surface area contributed by atoms with Crippen LogP contribution in [-0.4, -0.2) is 35.6 Å². The zero-order valence-corrected chi connectivity index (χ0v) is 17.8. The van der Waals surface area contributed by atoms with Crippen LogP contribution in [0, 0.1) is 6.92 Å². The Labute approximate surface area is 185 Å². The predicted octanol–water partition coefficient (Wildman–Crippen LogP) is 3.22. The van der Waals surface area contributed by atoms with Gasteiger partial charge in [0.05, 0.1) is 36.1 Å². The number of carbonyl (C=O) groups is 1. The van der Waals surface area contributed by atoms with Crippen molar-refractivity contribution in [3.05, 3.63) is 59.8 Å². The Morgan fingerprint density at radius 3 is 2.69 bits per heavy atom. The molecule has 1 fully saturated rings. The van der Waals surface area contributed by atoms with Crippen molar-refractivity contribution in [3.8, 4) is 11.4 Å². The highest BCUT2D eigenvalue weighted by Gasteiger charge is 2.25. The maximum atomic E-state index is 12.4. The first-order chi connectivity index (χ1) is 15.6. The van der Waals surface area contributed by atoms with E-state index in [9.17, 15) is 4.79 Å². The van der Waals surface area contributed by atoms with Crippen molar-refractivity contribution in [2.45, 2.75) is 45.2 Å². The van der Waals surface area contributed by atoms with Crippen molar-refractivity contribution in [3.63, 3.8) is 0 Å². The molecule has 1 aliphatic rings. The van der Waals surface area contributed by atoms with Gasteiger partial charge in [0.15, 0.2) is 5.65 Å². The van der Waals surface area contributed by atoms with Gasteiger partial charge in [0.25, 0.3) is 5.91 Å². The van der Waals surface area contributed by atoms with E-state index in [2.05, 4.69) is 25.3 Å². The third-order valence-electron chi connectivity index (χ3n) is 5.96. The number of amides is 1. The molecule has 1 aromatic carbocycles. The number of nitrogens with zero attached hydrogens (tertiary/aromatic N) is 6. The Balaban J connectivity index is 1.39. The molecule has 5 rings (SSSR count). The van der Waals surface area contributed by atoms with Gasteiger partial charge in [-0.15, -0.1) is 0 Å². The van der Waals surface area contributed by atoms with E-state index in [0.29, 0.717) is 39.9 Å². The average molecular weight is 429 g/mol. The third kappa shape index (κ3) is 3.66. The van der Waals surface area contributed by atoms with Gasteiger partial charge in [0, 0.05) is 5.56 Å². The molecule has 0 unspecified atom stereocenters. The van der Waals surface area contributed by atoms with E-state index in [1.165, 1.54) is 19.2 Å². The summed E-state index contributed by atoms with van der Waals surface area (Å²) in [6.07, 6.45) is 9.29. The lowest BCUT2D eigenvalue weighted by atomic mass is 10.1. The lowest BCUT2D eigenvalue weighted by Gasteiger charge is -2.10. The van der Waals surface area contributed by atoms with Crippen LogP contribution in [0.3, 0.4) is 0 Å². The number of nitrogens with one attached hydrogen (secondary N) is 1. The molecule has 1 saturated carbocycles.